The van der Waals surface area contributed by atoms with Gasteiger partial charge < -0.3 is 4.90 Å². The van der Waals surface area contributed by atoms with Crippen LogP contribution in [0.25, 0.3) is 22.0 Å². The molecule has 23 heavy (non-hydrogen) atoms. The zero-order valence-electron chi connectivity index (χ0n) is 13.0. The van der Waals surface area contributed by atoms with Gasteiger partial charge in [-0.25, -0.2) is 4.98 Å². The summed E-state index contributed by atoms with van der Waals surface area (Å²) >= 11 is 6.06. The molecule has 1 aliphatic rings. The van der Waals surface area contributed by atoms with Crippen LogP contribution in [0.2, 0.25) is 5.02 Å². The van der Waals surface area contributed by atoms with Crippen LogP contribution in [0.1, 0.15) is 19.3 Å². The number of halogens is 1. The van der Waals surface area contributed by atoms with Crippen molar-refractivity contribution in [3.8, 4) is 11.1 Å². The summed E-state index contributed by atoms with van der Waals surface area (Å²) in [7, 11) is 0. The van der Waals surface area contributed by atoms with Crippen molar-refractivity contribution in [2.75, 3.05) is 18.0 Å². The summed E-state index contributed by atoms with van der Waals surface area (Å²) in [5, 5.41) is 1.94. The zero-order valence-corrected chi connectivity index (χ0v) is 13.8. The molecule has 1 saturated heterocycles. The smallest absolute Gasteiger partial charge is 0.137 e. The molecule has 0 aliphatic carbocycles. The highest BCUT2D eigenvalue weighted by molar-refractivity contribution is 6.30. The maximum absolute atomic E-state index is 6.06. The highest BCUT2D eigenvalue weighted by Gasteiger charge is 2.18. The second-order valence-electron chi connectivity index (χ2n) is 6.11. The van der Waals surface area contributed by atoms with Crippen LogP contribution in [0.15, 0.2) is 54.6 Å². The first-order chi connectivity index (χ1) is 11.3. The van der Waals surface area contributed by atoms with Gasteiger partial charge in [-0.05, 0) is 49.1 Å². The molecule has 0 N–H and O–H groups in total. The van der Waals surface area contributed by atoms with Crippen molar-refractivity contribution in [3.63, 3.8) is 0 Å². The largest absolute Gasteiger partial charge is 0.356 e. The second kappa shape index (κ2) is 6.21. The van der Waals surface area contributed by atoms with Gasteiger partial charge in [0, 0.05) is 29.1 Å². The van der Waals surface area contributed by atoms with Gasteiger partial charge in [-0.1, -0.05) is 41.9 Å². The van der Waals surface area contributed by atoms with E-state index in [0.717, 1.165) is 29.4 Å². The van der Waals surface area contributed by atoms with Crippen molar-refractivity contribution in [1.82, 2.24) is 4.98 Å². The number of fused-ring (bicyclic) bond motifs is 1. The summed E-state index contributed by atoms with van der Waals surface area (Å²) < 4.78 is 0. The molecule has 0 atom stereocenters. The minimum Gasteiger partial charge on any atom is -0.356 e. The van der Waals surface area contributed by atoms with Crippen LogP contribution in [0.3, 0.4) is 0 Å². The van der Waals surface area contributed by atoms with Gasteiger partial charge >= 0.3 is 0 Å². The van der Waals surface area contributed by atoms with Crippen molar-refractivity contribution in [2.24, 2.45) is 0 Å². The lowest BCUT2D eigenvalue weighted by Gasteiger charge is -2.30. The summed E-state index contributed by atoms with van der Waals surface area (Å²) in [5.74, 6) is 1.10. The van der Waals surface area contributed by atoms with Crippen LogP contribution >= 0.6 is 11.6 Å². The number of hydrogen-bond donors (Lipinski definition) is 0. The highest BCUT2D eigenvalue weighted by atomic mass is 35.5. The number of pyridine rings is 1. The third kappa shape index (κ3) is 2.91. The Morgan fingerprint density at radius 2 is 1.61 bits per heavy atom. The van der Waals surface area contributed by atoms with E-state index in [-0.39, 0.29) is 0 Å². The third-order valence-electron chi connectivity index (χ3n) is 4.51. The Morgan fingerprint density at radius 3 is 2.39 bits per heavy atom. The fraction of sp³-hybridized carbons (Fsp3) is 0.250. The van der Waals surface area contributed by atoms with E-state index in [1.54, 1.807) is 0 Å². The van der Waals surface area contributed by atoms with Crippen LogP contribution in [-0.4, -0.2) is 18.1 Å². The van der Waals surface area contributed by atoms with E-state index in [9.17, 15) is 0 Å². The topological polar surface area (TPSA) is 16.1 Å². The van der Waals surface area contributed by atoms with E-state index in [0.29, 0.717) is 0 Å². The Bertz CT molecular complexity index is 821. The fourth-order valence-electron chi connectivity index (χ4n) is 3.29. The molecule has 3 aromatic rings. The maximum atomic E-state index is 6.06. The summed E-state index contributed by atoms with van der Waals surface area (Å²) in [4.78, 5) is 7.42. The molecule has 3 heteroatoms. The normalized spacial score (nSPS) is 15.1. The Labute approximate surface area is 141 Å². The minimum atomic E-state index is 0.766. The minimum absolute atomic E-state index is 0.766. The first-order valence-corrected chi connectivity index (χ1v) is 8.60. The van der Waals surface area contributed by atoms with Gasteiger partial charge in [0.1, 0.15) is 5.82 Å². The van der Waals surface area contributed by atoms with Gasteiger partial charge in [-0.3, -0.25) is 0 Å². The lowest BCUT2D eigenvalue weighted by atomic mass is 10.0. The standard InChI is InChI=1S/C20H19ClN2/c21-17-10-8-15(9-11-17)18-14-16-6-2-3-7-19(16)22-20(18)23-12-4-1-5-13-23/h2-3,6-11,14H,1,4-5,12-13H2. The van der Waals surface area contributed by atoms with Crippen molar-refractivity contribution < 1.29 is 0 Å². The lowest BCUT2D eigenvalue weighted by molar-refractivity contribution is 0.574. The van der Waals surface area contributed by atoms with Gasteiger partial charge in [-0.15, -0.1) is 0 Å². The van der Waals surface area contributed by atoms with Gasteiger partial charge in [-0.2, -0.15) is 0 Å². The Balaban J connectivity index is 1.89. The average Bonchev–Trinajstić information content (AvgIpc) is 2.62. The molecule has 116 valence electrons. The molecule has 0 spiro atoms. The number of nitrogens with zero attached hydrogens (tertiary/aromatic N) is 2. The number of benzene rings is 2. The number of piperidine rings is 1. The van der Waals surface area contributed by atoms with Gasteiger partial charge in [0.25, 0.3) is 0 Å². The lowest BCUT2D eigenvalue weighted by Crippen LogP contribution is -2.30. The van der Waals surface area contributed by atoms with E-state index in [4.69, 9.17) is 16.6 Å². The van der Waals surface area contributed by atoms with Crippen LogP contribution in [-0.2, 0) is 0 Å². The summed E-state index contributed by atoms with van der Waals surface area (Å²) in [6.07, 6.45) is 3.81. The SMILES string of the molecule is Clc1ccc(-c2cc3ccccc3nc2N2CCCCC2)cc1. The average molecular weight is 323 g/mol. The van der Waals surface area contributed by atoms with Gasteiger partial charge in [0.05, 0.1) is 5.52 Å². The summed E-state index contributed by atoms with van der Waals surface area (Å²) in [6.45, 7) is 2.18. The van der Waals surface area contributed by atoms with Gasteiger partial charge in [0.2, 0.25) is 0 Å². The Morgan fingerprint density at radius 1 is 0.870 bits per heavy atom. The maximum Gasteiger partial charge on any atom is 0.137 e. The predicted octanol–water partition coefficient (Wildman–Crippen LogP) is 5.55. The molecule has 4 rings (SSSR count). The van der Waals surface area contributed by atoms with Crippen LogP contribution in [0.4, 0.5) is 5.82 Å². The molecular weight excluding hydrogens is 304 g/mol. The monoisotopic (exact) mass is 322 g/mol. The second-order valence-corrected chi connectivity index (χ2v) is 6.54. The molecule has 1 aromatic heterocycles. The molecule has 0 radical (unpaired) electrons. The first-order valence-electron chi connectivity index (χ1n) is 8.22. The number of para-hydroxylation sites is 1. The molecule has 0 saturated carbocycles. The van der Waals surface area contributed by atoms with E-state index in [2.05, 4.69) is 47.4 Å². The van der Waals surface area contributed by atoms with E-state index < -0.39 is 0 Å². The quantitative estimate of drug-likeness (QED) is 0.615. The number of hydrogen-bond acceptors (Lipinski definition) is 2. The van der Waals surface area contributed by atoms with Crippen molar-refractivity contribution >= 4 is 28.3 Å². The molecule has 2 heterocycles. The number of anilines is 1. The number of aromatic nitrogens is 1. The highest BCUT2D eigenvalue weighted by Crippen LogP contribution is 2.34. The van der Waals surface area contributed by atoms with Crippen molar-refractivity contribution in [3.05, 3.63) is 59.6 Å². The molecule has 1 fully saturated rings. The fourth-order valence-corrected chi connectivity index (χ4v) is 3.42. The zero-order chi connectivity index (χ0) is 15.6. The molecule has 0 unspecified atom stereocenters. The van der Waals surface area contributed by atoms with E-state index in [1.165, 1.54) is 35.8 Å². The molecule has 0 amide bonds. The van der Waals surface area contributed by atoms with Crippen molar-refractivity contribution in [2.45, 2.75) is 19.3 Å². The summed E-state index contributed by atoms with van der Waals surface area (Å²) in [5.41, 5.74) is 3.43. The van der Waals surface area contributed by atoms with Crippen LogP contribution in [0, 0.1) is 0 Å². The van der Waals surface area contributed by atoms with E-state index >= 15 is 0 Å². The predicted molar refractivity (Wildman–Crippen MR) is 98.3 cm³/mol. The number of rotatable bonds is 2. The first kappa shape index (κ1) is 14.5. The molecule has 2 aromatic carbocycles. The molecular formula is C20H19ClN2. The summed E-state index contributed by atoms with van der Waals surface area (Å²) in [6, 6.07) is 18.7. The van der Waals surface area contributed by atoms with Crippen LogP contribution in [0.5, 0.6) is 0 Å². The Hall–Kier alpha value is -2.06. The molecule has 1 aliphatic heterocycles. The third-order valence-corrected chi connectivity index (χ3v) is 4.77. The molecule has 0 bridgehead atoms. The van der Waals surface area contributed by atoms with Crippen molar-refractivity contribution in [1.29, 1.82) is 0 Å². The van der Waals surface area contributed by atoms with Gasteiger partial charge in [0.15, 0.2) is 0 Å². The Kier molecular flexibility index (Phi) is 3.92. The van der Waals surface area contributed by atoms with Crippen LogP contribution < -0.4 is 4.90 Å². The molecule has 2 nitrogen and oxygen atoms in total. The van der Waals surface area contributed by atoms with E-state index in [1.807, 2.05) is 12.1 Å².